The number of rotatable bonds is 3. The second-order valence-corrected chi connectivity index (χ2v) is 3.51. The number of nitrogens with zero attached hydrogens (tertiary/aromatic N) is 1. The fraction of sp³-hybridized carbons (Fsp3) is 0.444. The molecule has 0 aliphatic rings. The van der Waals surface area contributed by atoms with Crippen LogP contribution in [0.5, 0.6) is 0 Å². The van der Waals surface area contributed by atoms with Crippen LogP contribution in [0, 0.1) is 0 Å². The number of aromatic nitrogens is 1. The average molecular weight is 262 g/mol. The van der Waals surface area contributed by atoms with Gasteiger partial charge in [-0.2, -0.15) is 0 Å². The van der Waals surface area contributed by atoms with E-state index in [1.807, 2.05) is 0 Å². The summed E-state index contributed by atoms with van der Waals surface area (Å²) in [5.41, 5.74) is 1.12. The number of carbonyl (C=O) groups is 1. The normalized spacial score (nSPS) is 12.6. The first-order valence-corrected chi connectivity index (χ1v) is 5.22. The van der Waals surface area contributed by atoms with Crippen molar-refractivity contribution in [3.63, 3.8) is 0 Å². The molecular formula is C9H12BrNO3. The smallest absolute Gasteiger partial charge is 0.354 e. The number of halogens is 1. The number of hydrogen-bond acceptors (Lipinski definition) is 3. The number of esters is 1. The molecule has 1 heterocycles. The molecule has 1 aromatic heterocycles. The monoisotopic (exact) mass is 261 g/mol. The standard InChI is InChI=1S/C9H12BrNO3/c1-11-6(8(12)5-10)3-4-7(11)9(13)14-2/h3-4,8,12H,5H2,1-2H3. The number of methoxy groups -OCH3 is 1. The van der Waals surface area contributed by atoms with Gasteiger partial charge in [0.15, 0.2) is 0 Å². The van der Waals surface area contributed by atoms with E-state index in [0.29, 0.717) is 16.7 Å². The van der Waals surface area contributed by atoms with Crippen molar-refractivity contribution in [3.8, 4) is 0 Å². The summed E-state index contributed by atoms with van der Waals surface area (Å²) in [6.07, 6.45) is -0.613. The first-order valence-electron chi connectivity index (χ1n) is 4.09. The summed E-state index contributed by atoms with van der Waals surface area (Å²) in [5, 5.41) is 9.99. The van der Waals surface area contributed by atoms with Gasteiger partial charge in [-0.15, -0.1) is 0 Å². The number of alkyl halides is 1. The van der Waals surface area contributed by atoms with Gasteiger partial charge in [-0.1, -0.05) is 15.9 Å². The van der Waals surface area contributed by atoms with Crippen molar-refractivity contribution in [1.29, 1.82) is 0 Å². The van der Waals surface area contributed by atoms with E-state index in [1.54, 1.807) is 23.7 Å². The van der Waals surface area contributed by atoms with E-state index >= 15 is 0 Å². The van der Waals surface area contributed by atoms with Gasteiger partial charge < -0.3 is 14.4 Å². The maximum Gasteiger partial charge on any atom is 0.354 e. The van der Waals surface area contributed by atoms with Crippen molar-refractivity contribution in [1.82, 2.24) is 4.57 Å². The van der Waals surface area contributed by atoms with E-state index < -0.39 is 12.1 Å². The van der Waals surface area contributed by atoms with E-state index in [0.717, 1.165) is 0 Å². The Morgan fingerprint density at radius 2 is 2.36 bits per heavy atom. The lowest BCUT2D eigenvalue weighted by Crippen LogP contribution is -2.12. The van der Waals surface area contributed by atoms with Crippen LogP contribution < -0.4 is 0 Å². The molecule has 0 aromatic carbocycles. The minimum Gasteiger partial charge on any atom is -0.464 e. The Morgan fingerprint density at radius 3 is 2.86 bits per heavy atom. The van der Waals surface area contributed by atoms with Crippen molar-refractivity contribution >= 4 is 21.9 Å². The molecule has 0 aliphatic carbocycles. The zero-order valence-corrected chi connectivity index (χ0v) is 9.61. The molecule has 0 fully saturated rings. The molecular weight excluding hydrogens is 250 g/mol. The van der Waals surface area contributed by atoms with Gasteiger partial charge in [-0.3, -0.25) is 0 Å². The molecule has 1 N–H and O–H groups in total. The third-order valence-electron chi connectivity index (χ3n) is 2.04. The van der Waals surface area contributed by atoms with Crippen LogP contribution in [0.4, 0.5) is 0 Å². The van der Waals surface area contributed by atoms with Crippen LogP contribution in [-0.2, 0) is 11.8 Å². The Balaban J connectivity index is 3.02. The Kier molecular flexibility index (Phi) is 3.71. The molecule has 1 atom stereocenters. The van der Waals surface area contributed by atoms with Crippen LogP contribution in [-0.4, -0.2) is 28.1 Å². The molecule has 0 spiro atoms. The molecule has 14 heavy (non-hydrogen) atoms. The second-order valence-electron chi connectivity index (χ2n) is 2.86. The van der Waals surface area contributed by atoms with E-state index in [1.165, 1.54) is 7.11 Å². The molecule has 1 unspecified atom stereocenters. The predicted octanol–water partition coefficient (Wildman–Crippen LogP) is 1.24. The molecule has 4 nitrogen and oxygen atoms in total. The minimum atomic E-state index is -0.613. The Bertz CT molecular complexity index is 335. The summed E-state index contributed by atoms with van der Waals surface area (Å²) in [7, 11) is 3.05. The summed E-state index contributed by atoms with van der Waals surface area (Å²) in [6, 6.07) is 3.34. The third-order valence-corrected chi connectivity index (χ3v) is 2.66. The van der Waals surface area contributed by atoms with Crippen LogP contribution in [0.3, 0.4) is 0 Å². The summed E-state index contributed by atoms with van der Waals surface area (Å²) in [6.45, 7) is 0. The highest BCUT2D eigenvalue weighted by atomic mass is 79.9. The second kappa shape index (κ2) is 4.61. The summed E-state index contributed by atoms with van der Waals surface area (Å²) in [5.74, 6) is -0.402. The number of carbonyl (C=O) groups excluding carboxylic acids is 1. The molecule has 1 rings (SSSR count). The van der Waals surface area contributed by atoms with Crippen molar-refractivity contribution in [2.24, 2.45) is 7.05 Å². The topological polar surface area (TPSA) is 51.5 Å². The molecule has 0 saturated heterocycles. The predicted molar refractivity (Wildman–Crippen MR) is 55.5 cm³/mol. The molecule has 0 radical (unpaired) electrons. The molecule has 0 bridgehead atoms. The Morgan fingerprint density at radius 1 is 1.71 bits per heavy atom. The van der Waals surface area contributed by atoms with Gasteiger partial charge in [0.2, 0.25) is 0 Å². The lowest BCUT2D eigenvalue weighted by atomic mass is 10.3. The molecule has 0 amide bonds. The quantitative estimate of drug-likeness (QED) is 0.658. The third kappa shape index (κ3) is 1.99. The van der Waals surface area contributed by atoms with Crippen molar-refractivity contribution < 1.29 is 14.6 Å². The van der Waals surface area contributed by atoms with Crippen LogP contribution >= 0.6 is 15.9 Å². The number of aliphatic hydroxyl groups is 1. The van der Waals surface area contributed by atoms with Crippen LogP contribution in [0.15, 0.2) is 12.1 Å². The van der Waals surface area contributed by atoms with Gasteiger partial charge in [0, 0.05) is 18.1 Å². The van der Waals surface area contributed by atoms with Crippen LogP contribution in [0.1, 0.15) is 22.3 Å². The Hall–Kier alpha value is -0.810. The number of aliphatic hydroxyl groups excluding tert-OH is 1. The zero-order chi connectivity index (χ0) is 10.7. The highest BCUT2D eigenvalue weighted by molar-refractivity contribution is 9.09. The summed E-state index contributed by atoms with van der Waals surface area (Å²) in [4.78, 5) is 11.2. The Labute approximate surface area is 90.6 Å². The van der Waals surface area contributed by atoms with Gasteiger partial charge in [-0.05, 0) is 12.1 Å². The molecule has 0 aliphatic heterocycles. The number of ether oxygens (including phenoxy) is 1. The average Bonchev–Trinajstić information content (AvgIpc) is 2.58. The molecule has 1 aromatic rings. The van der Waals surface area contributed by atoms with Crippen molar-refractivity contribution in [2.45, 2.75) is 6.10 Å². The SMILES string of the molecule is COC(=O)c1ccc(C(O)CBr)n1C. The van der Waals surface area contributed by atoms with E-state index in [2.05, 4.69) is 20.7 Å². The summed E-state index contributed by atoms with van der Waals surface area (Å²) >= 11 is 3.17. The molecule has 5 heteroatoms. The lowest BCUT2D eigenvalue weighted by molar-refractivity contribution is 0.0589. The number of hydrogen-bond donors (Lipinski definition) is 1. The van der Waals surface area contributed by atoms with Gasteiger partial charge >= 0.3 is 5.97 Å². The maximum atomic E-state index is 11.2. The van der Waals surface area contributed by atoms with E-state index in [-0.39, 0.29) is 0 Å². The fourth-order valence-corrected chi connectivity index (χ4v) is 1.58. The largest absolute Gasteiger partial charge is 0.464 e. The lowest BCUT2D eigenvalue weighted by Gasteiger charge is -2.09. The fourth-order valence-electron chi connectivity index (χ4n) is 1.25. The van der Waals surface area contributed by atoms with Gasteiger partial charge in [0.05, 0.1) is 7.11 Å². The highest BCUT2D eigenvalue weighted by Crippen LogP contribution is 2.18. The minimum absolute atomic E-state index is 0.402. The first-order chi connectivity index (χ1) is 6.61. The summed E-state index contributed by atoms with van der Waals surface area (Å²) < 4.78 is 6.21. The van der Waals surface area contributed by atoms with Crippen LogP contribution in [0.25, 0.3) is 0 Å². The van der Waals surface area contributed by atoms with E-state index in [9.17, 15) is 9.90 Å². The zero-order valence-electron chi connectivity index (χ0n) is 8.03. The van der Waals surface area contributed by atoms with Crippen molar-refractivity contribution in [2.75, 3.05) is 12.4 Å². The van der Waals surface area contributed by atoms with Gasteiger partial charge in [-0.25, -0.2) is 4.79 Å². The van der Waals surface area contributed by atoms with Crippen LogP contribution in [0.2, 0.25) is 0 Å². The van der Waals surface area contributed by atoms with Gasteiger partial charge in [0.25, 0.3) is 0 Å². The van der Waals surface area contributed by atoms with Gasteiger partial charge in [0.1, 0.15) is 11.8 Å². The molecule has 78 valence electrons. The molecule has 0 saturated carbocycles. The highest BCUT2D eigenvalue weighted by Gasteiger charge is 2.16. The van der Waals surface area contributed by atoms with E-state index in [4.69, 9.17) is 0 Å². The first kappa shape index (κ1) is 11.3. The maximum absolute atomic E-state index is 11.2. The van der Waals surface area contributed by atoms with Crippen molar-refractivity contribution in [3.05, 3.63) is 23.5 Å².